The van der Waals surface area contributed by atoms with E-state index >= 15 is 0 Å². The molecule has 0 aliphatic heterocycles. The van der Waals surface area contributed by atoms with Crippen molar-refractivity contribution in [2.75, 3.05) is 13.7 Å². The summed E-state index contributed by atoms with van der Waals surface area (Å²) in [7, 11) is 1.61. The molecule has 0 bridgehead atoms. The number of methoxy groups -OCH3 is 1. The Bertz CT molecular complexity index is 855. The predicted octanol–water partition coefficient (Wildman–Crippen LogP) is 4.46. The summed E-state index contributed by atoms with van der Waals surface area (Å²) in [4.78, 5) is 14.6. The van der Waals surface area contributed by atoms with Crippen LogP contribution in [0.15, 0.2) is 71.3 Å². The average molecular weight is 379 g/mol. The van der Waals surface area contributed by atoms with E-state index in [1.54, 1.807) is 42.5 Å². The van der Waals surface area contributed by atoms with E-state index in [2.05, 4.69) is 31.2 Å². The number of carbonyl (C=O) groups excluding carboxylic acids is 1. The highest BCUT2D eigenvalue weighted by Crippen LogP contribution is 2.18. The summed E-state index contributed by atoms with van der Waals surface area (Å²) in [5, 5.41) is 0. The van der Waals surface area contributed by atoms with E-state index < -0.39 is 0 Å². The van der Waals surface area contributed by atoms with Gasteiger partial charge in [-0.3, -0.25) is 4.79 Å². The fourth-order valence-corrected chi connectivity index (χ4v) is 2.83. The summed E-state index contributed by atoms with van der Waals surface area (Å²) in [6.45, 7) is 2.97. The minimum Gasteiger partial charge on any atom is -0.497 e. The Kier molecular flexibility index (Phi) is 6.73. The number of rotatable bonds is 9. The SMILES string of the molecule is CCc1ccc(CN(Cc2ccco2)C(=O)COc2ccc(OC)cc2)cc1. The van der Waals surface area contributed by atoms with Gasteiger partial charge in [0.25, 0.3) is 5.91 Å². The molecule has 5 nitrogen and oxygen atoms in total. The molecule has 0 aliphatic rings. The largest absolute Gasteiger partial charge is 0.497 e. The lowest BCUT2D eigenvalue weighted by Gasteiger charge is -2.22. The maximum absolute atomic E-state index is 12.8. The minimum atomic E-state index is -0.105. The van der Waals surface area contributed by atoms with Crippen molar-refractivity contribution in [3.8, 4) is 11.5 Å². The zero-order valence-corrected chi connectivity index (χ0v) is 16.3. The number of furan rings is 1. The van der Waals surface area contributed by atoms with Crippen molar-refractivity contribution in [2.24, 2.45) is 0 Å². The van der Waals surface area contributed by atoms with E-state index in [0.717, 1.165) is 23.5 Å². The van der Waals surface area contributed by atoms with Crippen LogP contribution in [-0.2, 0) is 24.3 Å². The molecule has 146 valence electrons. The zero-order chi connectivity index (χ0) is 19.8. The third kappa shape index (κ3) is 5.39. The van der Waals surface area contributed by atoms with Crippen LogP contribution in [0.4, 0.5) is 0 Å². The minimum absolute atomic E-state index is 0.0416. The molecule has 2 aromatic carbocycles. The standard InChI is InChI=1S/C23H25NO4/c1-3-18-6-8-19(9-7-18)15-24(16-22-5-4-14-27-22)23(25)17-28-21-12-10-20(26-2)11-13-21/h4-14H,3,15-17H2,1-2H3. The first-order chi connectivity index (χ1) is 13.7. The Morgan fingerprint density at radius 1 is 0.929 bits per heavy atom. The highest BCUT2D eigenvalue weighted by molar-refractivity contribution is 5.77. The monoisotopic (exact) mass is 379 g/mol. The average Bonchev–Trinajstić information content (AvgIpc) is 3.25. The van der Waals surface area contributed by atoms with Crippen molar-refractivity contribution in [3.05, 3.63) is 83.8 Å². The van der Waals surface area contributed by atoms with E-state index in [1.165, 1.54) is 5.56 Å². The first-order valence-corrected chi connectivity index (χ1v) is 9.32. The Morgan fingerprint density at radius 3 is 2.21 bits per heavy atom. The normalized spacial score (nSPS) is 10.5. The lowest BCUT2D eigenvalue weighted by atomic mass is 10.1. The first-order valence-electron chi connectivity index (χ1n) is 9.32. The Hall–Kier alpha value is -3.21. The second-order valence-corrected chi connectivity index (χ2v) is 6.46. The van der Waals surface area contributed by atoms with Crippen LogP contribution in [0.3, 0.4) is 0 Å². The molecule has 5 heteroatoms. The van der Waals surface area contributed by atoms with Gasteiger partial charge < -0.3 is 18.8 Å². The van der Waals surface area contributed by atoms with Gasteiger partial charge in [0.1, 0.15) is 17.3 Å². The van der Waals surface area contributed by atoms with Gasteiger partial charge in [-0.1, -0.05) is 31.2 Å². The van der Waals surface area contributed by atoms with Crippen LogP contribution in [0.5, 0.6) is 11.5 Å². The van der Waals surface area contributed by atoms with Gasteiger partial charge in [0.15, 0.2) is 6.61 Å². The van der Waals surface area contributed by atoms with Gasteiger partial charge in [0, 0.05) is 6.54 Å². The number of nitrogens with zero attached hydrogens (tertiary/aromatic N) is 1. The third-order valence-corrected chi connectivity index (χ3v) is 4.51. The predicted molar refractivity (Wildman–Crippen MR) is 107 cm³/mol. The van der Waals surface area contributed by atoms with E-state index in [0.29, 0.717) is 18.8 Å². The molecule has 0 N–H and O–H groups in total. The molecule has 0 spiro atoms. The third-order valence-electron chi connectivity index (χ3n) is 4.51. The topological polar surface area (TPSA) is 51.9 Å². The molecular weight excluding hydrogens is 354 g/mol. The van der Waals surface area contributed by atoms with E-state index in [-0.39, 0.29) is 12.5 Å². The van der Waals surface area contributed by atoms with Gasteiger partial charge in [-0.05, 0) is 53.9 Å². The summed E-state index contributed by atoms with van der Waals surface area (Å²) in [6.07, 6.45) is 2.60. The summed E-state index contributed by atoms with van der Waals surface area (Å²) in [5.41, 5.74) is 2.34. The fraction of sp³-hybridized carbons (Fsp3) is 0.261. The maximum atomic E-state index is 12.8. The van der Waals surface area contributed by atoms with Gasteiger partial charge in [0.2, 0.25) is 0 Å². The Balaban J connectivity index is 1.66. The second-order valence-electron chi connectivity index (χ2n) is 6.46. The van der Waals surface area contributed by atoms with Gasteiger partial charge in [-0.15, -0.1) is 0 Å². The van der Waals surface area contributed by atoms with E-state index in [9.17, 15) is 4.79 Å². The van der Waals surface area contributed by atoms with Crippen molar-refractivity contribution in [1.29, 1.82) is 0 Å². The molecule has 28 heavy (non-hydrogen) atoms. The van der Waals surface area contributed by atoms with E-state index in [1.807, 2.05) is 12.1 Å². The number of hydrogen-bond acceptors (Lipinski definition) is 4. The number of amides is 1. The molecule has 0 saturated carbocycles. The molecule has 0 aliphatic carbocycles. The smallest absolute Gasteiger partial charge is 0.261 e. The molecular formula is C23H25NO4. The number of ether oxygens (including phenoxy) is 2. The molecule has 0 atom stereocenters. The molecule has 0 saturated heterocycles. The van der Waals surface area contributed by atoms with Crippen molar-refractivity contribution >= 4 is 5.91 Å². The summed E-state index contributed by atoms with van der Waals surface area (Å²) < 4.78 is 16.2. The molecule has 0 fully saturated rings. The van der Waals surface area contributed by atoms with Crippen LogP contribution < -0.4 is 9.47 Å². The quantitative estimate of drug-likeness (QED) is 0.551. The van der Waals surface area contributed by atoms with Crippen molar-refractivity contribution < 1.29 is 18.7 Å². The van der Waals surface area contributed by atoms with Crippen molar-refractivity contribution in [2.45, 2.75) is 26.4 Å². The van der Waals surface area contributed by atoms with Crippen LogP contribution in [0, 0.1) is 0 Å². The highest BCUT2D eigenvalue weighted by Gasteiger charge is 2.17. The molecule has 1 heterocycles. The number of carbonyl (C=O) groups is 1. The number of hydrogen-bond donors (Lipinski definition) is 0. The Morgan fingerprint density at radius 2 is 1.61 bits per heavy atom. The zero-order valence-electron chi connectivity index (χ0n) is 16.3. The highest BCUT2D eigenvalue weighted by atomic mass is 16.5. The van der Waals surface area contributed by atoms with Gasteiger partial charge in [-0.25, -0.2) is 0 Å². The second kappa shape index (κ2) is 9.65. The summed E-state index contributed by atoms with van der Waals surface area (Å²) in [6, 6.07) is 19.2. The molecule has 0 unspecified atom stereocenters. The van der Waals surface area contributed by atoms with Gasteiger partial charge in [-0.2, -0.15) is 0 Å². The van der Waals surface area contributed by atoms with Crippen molar-refractivity contribution in [1.82, 2.24) is 4.90 Å². The maximum Gasteiger partial charge on any atom is 0.261 e. The van der Waals surface area contributed by atoms with Gasteiger partial charge >= 0.3 is 0 Å². The van der Waals surface area contributed by atoms with Gasteiger partial charge in [0.05, 0.1) is 19.9 Å². The van der Waals surface area contributed by atoms with Crippen LogP contribution in [0.1, 0.15) is 23.8 Å². The first kappa shape index (κ1) is 19.5. The van der Waals surface area contributed by atoms with Crippen LogP contribution in [-0.4, -0.2) is 24.5 Å². The van der Waals surface area contributed by atoms with Crippen LogP contribution >= 0.6 is 0 Å². The molecule has 3 rings (SSSR count). The lowest BCUT2D eigenvalue weighted by molar-refractivity contribution is -0.134. The van der Waals surface area contributed by atoms with E-state index in [4.69, 9.17) is 13.9 Å². The van der Waals surface area contributed by atoms with Crippen molar-refractivity contribution in [3.63, 3.8) is 0 Å². The molecule has 1 aromatic heterocycles. The molecule has 3 aromatic rings. The van der Waals surface area contributed by atoms with Crippen LogP contribution in [0.25, 0.3) is 0 Å². The summed E-state index contributed by atoms with van der Waals surface area (Å²) >= 11 is 0. The fourth-order valence-electron chi connectivity index (χ4n) is 2.83. The van der Waals surface area contributed by atoms with Crippen LogP contribution in [0.2, 0.25) is 0 Å². The lowest BCUT2D eigenvalue weighted by Crippen LogP contribution is -2.34. The summed E-state index contributed by atoms with van der Waals surface area (Å²) in [5.74, 6) is 2.00. The molecule has 0 radical (unpaired) electrons. The molecule has 1 amide bonds. The number of benzene rings is 2. The number of aryl methyl sites for hydroxylation is 1. The Labute approximate surface area is 165 Å².